The number of aryl methyl sites for hydroxylation is 1. The van der Waals surface area contributed by atoms with Crippen molar-refractivity contribution in [3.8, 4) is 6.07 Å². The highest BCUT2D eigenvalue weighted by Crippen LogP contribution is 2.19. The van der Waals surface area contributed by atoms with Gasteiger partial charge in [0.25, 0.3) is 5.91 Å². The molecule has 0 fully saturated rings. The standard InChI is InChI=1S/C21H31N3O3/c1-8-9-23-16(6)10-18(17(23)7)11-19(12-22)21(26)27-13-20(25)24(14(2)3)15(4)5/h10-11,14-15H,8-9,13H2,1-7H3. The Morgan fingerprint density at radius 1 is 1.26 bits per heavy atom. The van der Waals surface area contributed by atoms with Gasteiger partial charge < -0.3 is 14.2 Å². The zero-order valence-electron chi connectivity index (χ0n) is 17.5. The molecule has 148 valence electrons. The summed E-state index contributed by atoms with van der Waals surface area (Å²) in [6, 6.07) is 3.84. The number of carbonyl (C=O) groups excluding carboxylic acids is 2. The third-order valence-electron chi connectivity index (χ3n) is 4.43. The summed E-state index contributed by atoms with van der Waals surface area (Å²) in [6.07, 6.45) is 2.53. The Kier molecular flexibility index (Phi) is 8.30. The number of rotatable bonds is 8. The molecule has 1 heterocycles. The lowest BCUT2D eigenvalue weighted by molar-refractivity contribution is -0.150. The van der Waals surface area contributed by atoms with Crippen LogP contribution in [0.15, 0.2) is 11.6 Å². The summed E-state index contributed by atoms with van der Waals surface area (Å²) >= 11 is 0. The normalized spacial score (nSPS) is 11.6. The van der Waals surface area contributed by atoms with E-state index < -0.39 is 5.97 Å². The van der Waals surface area contributed by atoms with Gasteiger partial charge >= 0.3 is 5.97 Å². The zero-order valence-corrected chi connectivity index (χ0v) is 17.5. The number of nitrogens with zero attached hydrogens (tertiary/aromatic N) is 3. The molecule has 6 nitrogen and oxygen atoms in total. The Labute approximate surface area is 162 Å². The summed E-state index contributed by atoms with van der Waals surface area (Å²) in [5, 5.41) is 9.36. The fraction of sp³-hybridized carbons (Fsp3) is 0.571. The summed E-state index contributed by atoms with van der Waals surface area (Å²) in [5.74, 6) is -1.05. The highest BCUT2D eigenvalue weighted by Gasteiger charge is 2.22. The lowest BCUT2D eigenvalue weighted by Crippen LogP contribution is -2.44. The topological polar surface area (TPSA) is 75.3 Å². The Balaban J connectivity index is 2.93. The molecule has 1 rings (SSSR count). The molecule has 0 N–H and O–H groups in total. The van der Waals surface area contributed by atoms with Gasteiger partial charge in [0, 0.05) is 30.0 Å². The molecule has 0 saturated carbocycles. The van der Waals surface area contributed by atoms with Crippen LogP contribution >= 0.6 is 0 Å². The average Bonchev–Trinajstić information content (AvgIpc) is 2.84. The molecule has 1 aromatic heterocycles. The van der Waals surface area contributed by atoms with Crippen LogP contribution in [-0.2, 0) is 20.9 Å². The Hall–Kier alpha value is -2.55. The van der Waals surface area contributed by atoms with Crippen molar-refractivity contribution < 1.29 is 14.3 Å². The highest BCUT2D eigenvalue weighted by atomic mass is 16.5. The number of nitriles is 1. The third kappa shape index (κ3) is 5.72. The largest absolute Gasteiger partial charge is 0.451 e. The van der Waals surface area contributed by atoms with E-state index in [0.717, 1.165) is 29.9 Å². The van der Waals surface area contributed by atoms with Gasteiger partial charge in [0.15, 0.2) is 6.61 Å². The number of ether oxygens (including phenoxy) is 1. The van der Waals surface area contributed by atoms with Crippen LogP contribution in [0.3, 0.4) is 0 Å². The van der Waals surface area contributed by atoms with E-state index in [1.165, 1.54) is 6.08 Å². The molecule has 0 aliphatic rings. The molecule has 0 bridgehead atoms. The van der Waals surface area contributed by atoms with E-state index in [1.807, 2.05) is 53.7 Å². The van der Waals surface area contributed by atoms with E-state index in [1.54, 1.807) is 4.90 Å². The summed E-state index contributed by atoms with van der Waals surface area (Å²) in [4.78, 5) is 26.3. The minimum absolute atomic E-state index is 0.00568. The molecule has 0 aromatic carbocycles. The second-order valence-corrected chi connectivity index (χ2v) is 7.21. The summed E-state index contributed by atoms with van der Waals surface area (Å²) in [7, 11) is 0. The number of esters is 1. The van der Waals surface area contributed by atoms with Crippen molar-refractivity contribution in [2.75, 3.05) is 6.61 Å². The van der Waals surface area contributed by atoms with Gasteiger partial charge in [-0.3, -0.25) is 4.79 Å². The van der Waals surface area contributed by atoms with Crippen LogP contribution in [0, 0.1) is 25.2 Å². The van der Waals surface area contributed by atoms with Crippen LogP contribution in [0.4, 0.5) is 0 Å². The van der Waals surface area contributed by atoms with Crippen LogP contribution in [-0.4, -0.2) is 40.0 Å². The first-order chi connectivity index (χ1) is 12.6. The zero-order chi connectivity index (χ0) is 20.7. The van der Waals surface area contributed by atoms with Crippen molar-refractivity contribution in [1.29, 1.82) is 5.26 Å². The summed E-state index contributed by atoms with van der Waals surface area (Å²) in [5.41, 5.74) is 2.77. The first-order valence-corrected chi connectivity index (χ1v) is 9.40. The summed E-state index contributed by atoms with van der Waals surface area (Å²) < 4.78 is 7.26. The molecular formula is C21H31N3O3. The fourth-order valence-corrected chi connectivity index (χ4v) is 3.29. The molecular weight excluding hydrogens is 342 g/mol. The Bertz CT molecular complexity index is 743. The molecule has 0 aliphatic heterocycles. The molecule has 27 heavy (non-hydrogen) atoms. The third-order valence-corrected chi connectivity index (χ3v) is 4.43. The Morgan fingerprint density at radius 3 is 2.33 bits per heavy atom. The highest BCUT2D eigenvalue weighted by molar-refractivity contribution is 5.99. The fourth-order valence-electron chi connectivity index (χ4n) is 3.29. The van der Waals surface area contributed by atoms with Gasteiger partial charge in [0.1, 0.15) is 11.6 Å². The van der Waals surface area contributed by atoms with Gasteiger partial charge in [-0.15, -0.1) is 0 Å². The first kappa shape index (κ1) is 22.5. The maximum atomic E-state index is 12.3. The monoisotopic (exact) mass is 373 g/mol. The van der Waals surface area contributed by atoms with Gasteiger partial charge in [-0.1, -0.05) is 6.92 Å². The van der Waals surface area contributed by atoms with E-state index in [4.69, 9.17) is 4.74 Å². The maximum absolute atomic E-state index is 12.3. The van der Waals surface area contributed by atoms with E-state index >= 15 is 0 Å². The van der Waals surface area contributed by atoms with Crippen molar-refractivity contribution in [2.24, 2.45) is 0 Å². The van der Waals surface area contributed by atoms with Crippen LogP contribution in [0.5, 0.6) is 0 Å². The van der Waals surface area contributed by atoms with Gasteiger partial charge in [-0.05, 0) is 65.7 Å². The molecule has 6 heteroatoms. The maximum Gasteiger partial charge on any atom is 0.349 e. The van der Waals surface area contributed by atoms with E-state index in [-0.39, 0.29) is 30.2 Å². The van der Waals surface area contributed by atoms with Crippen molar-refractivity contribution in [3.63, 3.8) is 0 Å². The summed E-state index contributed by atoms with van der Waals surface area (Å²) in [6.45, 7) is 14.2. The predicted molar refractivity (Wildman–Crippen MR) is 106 cm³/mol. The van der Waals surface area contributed by atoms with Gasteiger partial charge in [-0.25, -0.2) is 4.79 Å². The molecule has 1 amide bonds. The Morgan fingerprint density at radius 2 is 1.85 bits per heavy atom. The van der Waals surface area contributed by atoms with Crippen LogP contribution in [0.25, 0.3) is 6.08 Å². The number of hydrogen-bond donors (Lipinski definition) is 0. The van der Waals surface area contributed by atoms with Crippen LogP contribution in [0.1, 0.15) is 58.0 Å². The number of amides is 1. The molecule has 0 atom stereocenters. The van der Waals surface area contributed by atoms with E-state index in [0.29, 0.717) is 0 Å². The number of carbonyl (C=O) groups is 2. The van der Waals surface area contributed by atoms with Crippen molar-refractivity contribution in [2.45, 2.75) is 73.5 Å². The van der Waals surface area contributed by atoms with Crippen LogP contribution < -0.4 is 0 Å². The second-order valence-electron chi connectivity index (χ2n) is 7.21. The van der Waals surface area contributed by atoms with Gasteiger partial charge in [0.05, 0.1) is 0 Å². The number of hydrogen-bond acceptors (Lipinski definition) is 4. The first-order valence-electron chi connectivity index (χ1n) is 9.40. The SMILES string of the molecule is CCCn1c(C)cc(C=C(C#N)C(=O)OCC(=O)N(C(C)C)C(C)C)c1C. The quantitative estimate of drug-likeness (QED) is 0.396. The lowest BCUT2D eigenvalue weighted by Gasteiger charge is -2.30. The number of aromatic nitrogens is 1. The minimum Gasteiger partial charge on any atom is -0.451 e. The molecule has 0 radical (unpaired) electrons. The molecule has 0 saturated heterocycles. The molecule has 0 unspecified atom stereocenters. The van der Waals surface area contributed by atoms with E-state index in [9.17, 15) is 14.9 Å². The minimum atomic E-state index is -0.779. The van der Waals surface area contributed by atoms with Gasteiger partial charge in [0.2, 0.25) is 0 Å². The average molecular weight is 373 g/mol. The molecule has 0 spiro atoms. The lowest BCUT2D eigenvalue weighted by atomic mass is 10.1. The molecule has 1 aromatic rings. The molecule has 0 aliphatic carbocycles. The predicted octanol–water partition coefficient (Wildman–Crippen LogP) is 3.61. The van der Waals surface area contributed by atoms with Crippen LogP contribution in [0.2, 0.25) is 0 Å². The van der Waals surface area contributed by atoms with Gasteiger partial charge in [-0.2, -0.15) is 5.26 Å². The smallest absolute Gasteiger partial charge is 0.349 e. The van der Waals surface area contributed by atoms with E-state index in [2.05, 4.69) is 11.5 Å². The second kappa shape index (κ2) is 9.96. The van der Waals surface area contributed by atoms with Crippen molar-refractivity contribution >= 4 is 18.0 Å². The van der Waals surface area contributed by atoms with Crippen molar-refractivity contribution in [1.82, 2.24) is 9.47 Å². The van der Waals surface area contributed by atoms with Crippen molar-refractivity contribution in [3.05, 3.63) is 28.6 Å².